The predicted molar refractivity (Wildman–Crippen MR) is 37.4 cm³/mol. The molecule has 1 nitrogen and oxygen atoms in total. The minimum Gasteiger partial charge on any atom is -0.381 e. The van der Waals surface area contributed by atoms with Gasteiger partial charge in [-0.05, 0) is 20.3 Å². The molecule has 0 heterocycles. The molecule has 0 fully saturated rings. The van der Waals surface area contributed by atoms with Gasteiger partial charge in [-0.2, -0.15) is 0 Å². The summed E-state index contributed by atoms with van der Waals surface area (Å²) in [5.41, 5.74) is 1.28. The largest absolute Gasteiger partial charge is 0.381 e. The minimum atomic E-state index is 0.878. The van der Waals surface area contributed by atoms with Gasteiger partial charge in [0.05, 0.1) is 0 Å². The Kier molecular flexibility index (Phi) is 3.33. The summed E-state index contributed by atoms with van der Waals surface area (Å²) in [6, 6.07) is 0. The monoisotopic (exact) mass is 112 g/mol. The van der Waals surface area contributed by atoms with E-state index in [2.05, 4.69) is 17.9 Å². The molecule has 1 heteroatoms. The molecule has 0 aromatic rings. The minimum absolute atomic E-state index is 0.878. The fourth-order valence-electron chi connectivity index (χ4n) is 0.626. The van der Waals surface area contributed by atoms with E-state index < -0.39 is 0 Å². The predicted octanol–water partition coefficient (Wildman–Crippen LogP) is 1.68. The molecular formula is C7H14N. The maximum atomic E-state index is 3.77. The average molecular weight is 112 g/mol. The molecule has 0 amide bonds. The molecule has 8 heavy (non-hydrogen) atoms. The molecule has 0 unspecified atom stereocenters. The van der Waals surface area contributed by atoms with Crippen LogP contribution in [0.1, 0.15) is 13.3 Å². The lowest BCUT2D eigenvalue weighted by atomic mass is 10.3. The van der Waals surface area contributed by atoms with Crippen LogP contribution in [0.2, 0.25) is 0 Å². The van der Waals surface area contributed by atoms with Gasteiger partial charge < -0.3 is 4.90 Å². The Morgan fingerprint density at radius 1 is 1.62 bits per heavy atom. The van der Waals surface area contributed by atoms with Crippen LogP contribution in [0.3, 0.4) is 0 Å². The number of hydrogen-bond acceptors (Lipinski definition) is 1. The Morgan fingerprint density at radius 3 is 2.12 bits per heavy atom. The van der Waals surface area contributed by atoms with Gasteiger partial charge in [0.1, 0.15) is 0 Å². The van der Waals surface area contributed by atoms with Crippen LogP contribution < -0.4 is 0 Å². The maximum Gasteiger partial charge on any atom is 0.00841 e. The molecule has 0 aliphatic rings. The van der Waals surface area contributed by atoms with Crippen molar-refractivity contribution in [3.63, 3.8) is 0 Å². The summed E-state index contributed by atoms with van der Waals surface area (Å²) in [5, 5.41) is 0. The Balaban J connectivity index is 3.72. The fraction of sp³-hybridized carbons (Fsp3) is 0.571. The Bertz CT molecular complexity index is 82.4. The van der Waals surface area contributed by atoms with Gasteiger partial charge in [-0.1, -0.05) is 6.08 Å². The van der Waals surface area contributed by atoms with E-state index in [-0.39, 0.29) is 0 Å². The molecular weight excluding hydrogens is 98.1 g/mol. The molecule has 0 aromatic heterocycles. The number of nitrogens with zero attached hydrogens (tertiary/aromatic N) is 1. The highest BCUT2D eigenvalue weighted by molar-refractivity contribution is 4.97. The Labute approximate surface area is 52.0 Å². The van der Waals surface area contributed by atoms with Crippen LogP contribution in [0.4, 0.5) is 0 Å². The summed E-state index contributed by atoms with van der Waals surface area (Å²) < 4.78 is 0. The number of allylic oxidation sites excluding steroid dienone is 2. The zero-order valence-electron chi connectivity index (χ0n) is 5.94. The quantitative estimate of drug-likeness (QED) is 0.525. The van der Waals surface area contributed by atoms with Gasteiger partial charge >= 0.3 is 0 Å². The van der Waals surface area contributed by atoms with Crippen molar-refractivity contribution < 1.29 is 0 Å². The second kappa shape index (κ2) is 3.53. The van der Waals surface area contributed by atoms with E-state index in [1.54, 1.807) is 0 Å². The second-order valence-corrected chi connectivity index (χ2v) is 1.92. The summed E-state index contributed by atoms with van der Waals surface area (Å²) in [7, 11) is 4.06. The van der Waals surface area contributed by atoms with Crippen molar-refractivity contribution in [2.45, 2.75) is 13.3 Å². The molecule has 1 radical (unpaired) electrons. The maximum absolute atomic E-state index is 3.77. The molecule has 0 saturated carbocycles. The summed E-state index contributed by atoms with van der Waals surface area (Å²) in [5.74, 6) is 0. The van der Waals surface area contributed by atoms with Crippen molar-refractivity contribution in [1.82, 2.24) is 4.90 Å². The fourth-order valence-corrected chi connectivity index (χ4v) is 0.626. The van der Waals surface area contributed by atoms with Gasteiger partial charge in [0.15, 0.2) is 0 Å². The molecule has 0 N–H and O–H groups in total. The topological polar surface area (TPSA) is 3.24 Å². The molecule has 0 saturated heterocycles. The molecule has 0 aromatic carbocycles. The van der Waals surface area contributed by atoms with Crippen molar-refractivity contribution in [1.29, 1.82) is 0 Å². The van der Waals surface area contributed by atoms with Crippen LogP contribution >= 0.6 is 0 Å². The lowest BCUT2D eigenvalue weighted by Gasteiger charge is -2.13. The third-order valence-electron chi connectivity index (χ3n) is 1.16. The first-order chi connectivity index (χ1) is 3.72. The van der Waals surface area contributed by atoms with Crippen LogP contribution in [0.5, 0.6) is 0 Å². The zero-order valence-corrected chi connectivity index (χ0v) is 5.94. The van der Waals surface area contributed by atoms with Gasteiger partial charge in [0.25, 0.3) is 0 Å². The first-order valence-corrected chi connectivity index (χ1v) is 2.84. The zero-order chi connectivity index (χ0) is 6.57. The van der Waals surface area contributed by atoms with Gasteiger partial charge in [0.2, 0.25) is 0 Å². The van der Waals surface area contributed by atoms with Gasteiger partial charge in [-0.15, -0.1) is 0 Å². The SMILES string of the molecule is [CH2]CC(=CC)N(C)C. The molecule has 0 bridgehead atoms. The van der Waals surface area contributed by atoms with Crippen LogP contribution in [-0.2, 0) is 0 Å². The number of rotatable bonds is 2. The summed E-state index contributed by atoms with van der Waals surface area (Å²) >= 11 is 0. The van der Waals surface area contributed by atoms with Crippen molar-refractivity contribution >= 4 is 0 Å². The third kappa shape index (κ3) is 2.01. The lowest BCUT2D eigenvalue weighted by molar-refractivity contribution is 0.499. The highest BCUT2D eigenvalue weighted by atomic mass is 15.1. The van der Waals surface area contributed by atoms with E-state index >= 15 is 0 Å². The molecule has 0 atom stereocenters. The second-order valence-electron chi connectivity index (χ2n) is 1.92. The summed E-state index contributed by atoms with van der Waals surface area (Å²) in [6.45, 7) is 5.80. The third-order valence-corrected chi connectivity index (χ3v) is 1.16. The van der Waals surface area contributed by atoms with E-state index in [1.807, 2.05) is 21.0 Å². The Morgan fingerprint density at radius 2 is 2.12 bits per heavy atom. The number of hydrogen-bond donors (Lipinski definition) is 0. The van der Waals surface area contributed by atoms with Crippen molar-refractivity contribution in [2.75, 3.05) is 14.1 Å². The smallest absolute Gasteiger partial charge is 0.00841 e. The van der Waals surface area contributed by atoms with Crippen molar-refractivity contribution in [2.24, 2.45) is 0 Å². The van der Waals surface area contributed by atoms with Crippen molar-refractivity contribution in [3.05, 3.63) is 18.7 Å². The van der Waals surface area contributed by atoms with E-state index in [4.69, 9.17) is 0 Å². The lowest BCUT2D eigenvalue weighted by Crippen LogP contribution is -2.09. The van der Waals surface area contributed by atoms with Gasteiger partial charge in [-0.25, -0.2) is 0 Å². The van der Waals surface area contributed by atoms with Crippen LogP contribution in [-0.4, -0.2) is 19.0 Å². The molecule has 0 aliphatic heterocycles. The average Bonchev–Trinajstić information content (AvgIpc) is 1.69. The van der Waals surface area contributed by atoms with E-state index in [0.717, 1.165) is 6.42 Å². The van der Waals surface area contributed by atoms with E-state index in [9.17, 15) is 0 Å². The summed E-state index contributed by atoms with van der Waals surface area (Å²) in [4.78, 5) is 2.08. The van der Waals surface area contributed by atoms with Crippen molar-refractivity contribution in [3.8, 4) is 0 Å². The van der Waals surface area contributed by atoms with Crippen LogP contribution in [0.25, 0.3) is 0 Å². The molecule has 0 rings (SSSR count). The first-order valence-electron chi connectivity index (χ1n) is 2.84. The standard InChI is InChI=1S/C7H14N/c1-5-7(6-2)8(3)4/h6H,1,5H2,2-4H3. The highest BCUT2D eigenvalue weighted by Gasteiger charge is 1.90. The Hall–Kier alpha value is -0.460. The van der Waals surface area contributed by atoms with Gasteiger partial charge in [-0.3, -0.25) is 0 Å². The van der Waals surface area contributed by atoms with Gasteiger partial charge in [0, 0.05) is 19.8 Å². The molecule has 47 valence electrons. The molecule has 0 spiro atoms. The van der Waals surface area contributed by atoms with E-state index in [0.29, 0.717) is 0 Å². The van der Waals surface area contributed by atoms with Crippen LogP contribution in [0, 0.1) is 6.92 Å². The first kappa shape index (κ1) is 7.54. The highest BCUT2D eigenvalue weighted by Crippen LogP contribution is 2.00. The summed E-state index contributed by atoms with van der Waals surface area (Å²) in [6.07, 6.45) is 2.95. The van der Waals surface area contributed by atoms with E-state index in [1.165, 1.54) is 5.70 Å². The normalized spacial score (nSPS) is 11.8. The van der Waals surface area contributed by atoms with Crippen LogP contribution in [0.15, 0.2) is 11.8 Å². The molecule has 0 aliphatic carbocycles.